The molecule has 0 radical (unpaired) electrons. The van der Waals surface area contributed by atoms with Crippen molar-refractivity contribution in [1.82, 2.24) is 0 Å². The number of nitro benzene ring substituents is 1. The fraction of sp³-hybridized carbons (Fsp3) is 0.400. The van der Waals surface area contributed by atoms with Gasteiger partial charge in [-0.1, -0.05) is 18.2 Å². The Morgan fingerprint density at radius 1 is 1.14 bits per heavy atom. The van der Waals surface area contributed by atoms with Gasteiger partial charge in [-0.2, -0.15) is 0 Å². The zero-order valence-corrected chi connectivity index (χ0v) is 17.2. The molecule has 9 heteroatoms. The van der Waals surface area contributed by atoms with E-state index in [1.807, 2.05) is 35.2 Å². The number of para-hydroxylation sites is 1. The molecule has 29 heavy (non-hydrogen) atoms. The van der Waals surface area contributed by atoms with E-state index in [1.54, 1.807) is 6.07 Å². The number of nitro groups is 1. The predicted octanol–water partition coefficient (Wildman–Crippen LogP) is 1.17. The fourth-order valence-corrected chi connectivity index (χ4v) is 4.13. The molecule has 1 fully saturated rings. The quantitative estimate of drug-likeness (QED) is 0.391. The van der Waals surface area contributed by atoms with E-state index in [9.17, 15) is 18.5 Å². The zero-order chi connectivity index (χ0) is 20.9. The zero-order valence-electron chi connectivity index (χ0n) is 16.4. The minimum absolute atomic E-state index is 0.0318. The molecule has 0 unspecified atom stereocenters. The van der Waals surface area contributed by atoms with E-state index in [-0.39, 0.29) is 10.6 Å². The lowest BCUT2D eigenvalue weighted by atomic mass is 10.2. The lowest BCUT2D eigenvalue weighted by Gasteiger charge is -2.33. The summed E-state index contributed by atoms with van der Waals surface area (Å²) in [6.45, 7) is 4.76. The minimum Gasteiger partial charge on any atom is -0.493 e. The van der Waals surface area contributed by atoms with Gasteiger partial charge in [0.15, 0.2) is 9.84 Å². The van der Waals surface area contributed by atoms with Crippen LogP contribution in [0.4, 0.5) is 11.4 Å². The first-order valence-corrected chi connectivity index (χ1v) is 11.5. The van der Waals surface area contributed by atoms with Crippen molar-refractivity contribution in [3.05, 3.63) is 58.6 Å². The molecular weight excluding hydrogens is 394 g/mol. The van der Waals surface area contributed by atoms with Gasteiger partial charge in [0.25, 0.3) is 5.69 Å². The average molecular weight is 421 g/mol. The summed E-state index contributed by atoms with van der Waals surface area (Å²) in [7, 11) is -3.49. The van der Waals surface area contributed by atoms with Crippen LogP contribution in [0.3, 0.4) is 0 Å². The molecule has 0 saturated carbocycles. The second-order valence-corrected chi connectivity index (χ2v) is 9.20. The van der Waals surface area contributed by atoms with Crippen molar-refractivity contribution in [1.29, 1.82) is 0 Å². The van der Waals surface area contributed by atoms with E-state index in [0.29, 0.717) is 25.4 Å². The Kier molecular flexibility index (Phi) is 6.71. The summed E-state index contributed by atoms with van der Waals surface area (Å²) < 4.78 is 29.1. The van der Waals surface area contributed by atoms with Gasteiger partial charge in [0.2, 0.25) is 0 Å². The third kappa shape index (κ3) is 5.68. The average Bonchev–Trinajstić information content (AvgIpc) is 2.71. The summed E-state index contributed by atoms with van der Waals surface area (Å²) in [5.74, 6) is 0.872. The Morgan fingerprint density at radius 3 is 2.45 bits per heavy atom. The maximum atomic E-state index is 11.7. The summed E-state index contributed by atoms with van der Waals surface area (Å²) in [6, 6.07) is 13.9. The minimum atomic E-state index is -3.49. The summed E-state index contributed by atoms with van der Waals surface area (Å²) in [5, 5.41) is 11.5. The maximum absolute atomic E-state index is 11.7. The topological polar surface area (TPSA) is 94.2 Å². The molecule has 2 aromatic carbocycles. The van der Waals surface area contributed by atoms with Gasteiger partial charge in [-0.25, -0.2) is 8.42 Å². The molecule has 156 valence electrons. The van der Waals surface area contributed by atoms with Crippen molar-refractivity contribution in [2.75, 3.05) is 50.5 Å². The number of ether oxygens (including phenoxy) is 1. The Hall–Kier alpha value is -2.65. The molecule has 0 amide bonds. The molecular formula is C20H26N3O5S+. The van der Waals surface area contributed by atoms with Crippen molar-refractivity contribution in [3.63, 3.8) is 0 Å². The van der Waals surface area contributed by atoms with Gasteiger partial charge in [-0.3, -0.25) is 10.1 Å². The molecule has 3 rings (SSSR count). The van der Waals surface area contributed by atoms with Crippen LogP contribution in [-0.2, 0) is 9.84 Å². The van der Waals surface area contributed by atoms with Gasteiger partial charge in [0, 0.05) is 18.7 Å². The first-order chi connectivity index (χ1) is 13.8. The van der Waals surface area contributed by atoms with Crippen LogP contribution < -0.4 is 14.5 Å². The van der Waals surface area contributed by atoms with E-state index in [0.717, 1.165) is 44.1 Å². The molecule has 1 saturated heterocycles. The highest BCUT2D eigenvalue weighted by Gasteiger charge is 2.27. The number of benzene rings is 2. The molecule has 0 spiro atoms. The lowest BCUT2D eigenvalue weighted by Crippen LogP contribution is -3.14. The number of rotatable bonds is 8. The number of hydrogen-bond donors (Lipinski definition) is 1. The monoisotopic (exact) mass is 420 g/mol. The van der Waals surface area contributed by atoms with Crippen LogP contribution in [0.25, 0.3) is 0 Å². The molecule has 0 atom stereocenters. The van der Waals surface area contributed by atoms with Gasteiger partial charge in [-0.15, -0.1) is 0 Å². The van der Waals surface area contributed by atoms with Crippen molar-refractivity contribution in [2.45, 2.75) is 11.3 Å². The summed E-state index contributed by atoms with van der Waals surface area (Å²) in [5.41, 5.74) is 0.321. The Morgan fingerprint density at radius 2 is 1.83 bits per heavy atom. The van der Waals surface area contributed by atoms with Crippen LogP contribution in [0.1, 0.15) is 6.42 Å². The number of hydrogen-bond acceptors (Lipinski definition) is 6. The molecule has 0 aliphatic carbocycles. The summed E-state index contributed by atoms with van der Waals surface area (Å²) >= 11 is 0. The van der Waals surface area contributed by atoms with E-state index in [4.69, 9.17) is 4.74 Å². The van der Waals surface area contributed by atoms with Crippen LogP contribution in [0.5, 0.6) is 5.75 Å². The van der Waals surface area contributed by atoms with E-state index >= 15 is 0 Å². The van der Waals surface area contributed by atoms with Gasteiger partial charge in [0.1, 0.15) is 11.4 Å². The van der Waals surface area contributed by atoms with Crippen molar-refractivity contribution < 1.29 is 23.0 Å². The molecule has 2 aromatic rings. The van der Waals surface area contributed by atoms with Gasteiger partial charge < -0.3 is 14.5 Å². The lowest BCUT2D eigenvalue weighted by molar-refractivity contribution is -0.900. The highest BCUT2D eigenvalue weighted by atomic mass is 32.2. The molecule has 1 heterocycles. The number of piperazine rings is 1. The largest absolute Gasteiger partial charge is 0.493 e. The smallest absolute Gasteiger partial charge is 0.293 e. The van der Waals surface area contributed by atoms with Crippen LogP contribution in [0.15, 0.2) is 53.4 Å². The summed E-state index contributed by atoms with van der Waals surface area (Å²) in [6.07, 6.45) is 1.99. The molecule has 1 aliphatic heterocycles. The number of nitrogens with one attached hydrogen (secondary N) is 1. The van der Waals surface area contributed by atoms with Crippen molar-refractivity contribution in [2.24, 2.45) is 0 Å². The predicted molar refractivity (Wildman–Crippen MR) is 111 cm³/mol. The third-order valence-electron chi connectivity index (χ3n) is 5.07. The second kappa shape index (κ2) is 9.23. The highest BCUT2D eigenvalue weighted by molar-refractivity contribution is 7.90. The Balaban J connectivity index is 1.53. The fourth-order valence-electron chi connectivity index (χ4n) is 3.49. The van der Waals surface area contributed by atoms with Crippen molar-refractivity contribution >= 4 is 21.2 Å². The first-order valence-electron chi connectivity index (χ1n) is 9.59. The van der Waals surface area contributed by atoms with E-state index in [1.165, 1.54) is 11.0 Å². The standard InChI is InChI=1S/C20H25N3O5S/c1-29(26,27)18-8-9-19(20(16-18)23(24)25)22-13-11-21(12-14-22)10-5-15-28-17-6-3-2-4-7-17/h2-4,6-9,16H,5,10-15H2,1H3/p+1. The highest BCUT2D eigenvalue weighted by Crippen LogP contribution is 2.30. The second-order valence-electron chi connectivity index (χ2n) is 7.18. The van der Waals surface area contributed by atoms with E-state index in [2.05, 4.69) is 0 Å². The molecule has 1 N–H and O–H groups in total. The summed E-state index contributed by atoms with van der Waals surface area (Å²) in [4.78, 5) is 14.3. The van der Waals surface area contributed by atoms with Crippen molar-refractivity contribution in [3.8, 4) is 5.75 Å². The molecule has 0 aromatic heterocycles. The number of nitrogens with zero attached hydrogens (tertiary/aromatic N) is 2. The number of anilines is 1. The maximum Gasteiger partial charge on any atom is 0.293 e. The third-order valence-corrected chi connectivity index (χ3v) is 6.18. The SMILES string of the molecule is CS(=O)(=O)c1ccc(N2CC[NH+](CCCOc3ccccc3)CC2)c([N+](=O)[O-])c1. The first kappa shape index (κ1) is 21.1. The van der Waals surface area contributed by atoms with Crippen LogP contribution in [0, 0.1) is 10.1 Å². The van der Waals surface area contributed by atoms with Crippen LogP contribution >= 0.6 is 0 Å². The number of sulfone groups is 1. The van der Waals surface area contributed by atoms with Gasteiger partial charge >= 0.3 is 0 Å². The Labute approximate surface area is 170 Å². The van der Waals surface area contributed by atoms with Crippen LogP contribution in [0.2, 0.25) is 0 Å². The Bertz CT molecular complexity index is 942. The van der Waals surface area contributed by atoms with Gasteiger partial charge in [0.05, 0.1) is 49.1 Å². The van der Waals surface area contributed by atoms with E-state index < -0.39 is 14.8 Å². The number of quaternary nitrogens is 1. The molecule has 1 aliphatic rings. The van der Waals surface area contributed by atoms with Crippen LogP contribution in [-0.4, -0.2) is 58.9 Å². The normalized spacial score (nSPS) is 15.3. The van der Waals surface area contributed by atoms with Gasteiger partial charge in [-0.05, 0) is 24.3 Å². The molecule has 8 nitrogen and oxygen atoms in total. The molecule has 0 bridgehead atoms.